The van der Waals surface area contributed by atoms with Crippen LogP contribution < -0.4 is 5.32 Å². The van der Waals surface area contributed by atoms with Gasteiger partial charge in [0.15, 0.2) is 0 Å². The summed E-state index contributed by atoms with van der Waals surface area (Å²) >= 11 is 0. The van der Waals surface area contributed by atoms with Crippen LogP contribution >= 0.6 is 0 Å². The van der Waals surface area contributed by atoms with Crippen molar-refractivity contribution in [2.75, 3.05) is 39.9 Å². The lowest BCUT2D eigenvalue weighted by molar-refractivity contribution is 0.0666. The number of piperidine rings is 1. The zero-order valence-electron chi connectivity index (χ0n) is 12.1. The van der Waals surface area contributed by atoms with Gasteiger partial charge in [0.2, 0.25) is 0 Å². The molecule has 0 saturated carbocycles. The monoisotopic (exact) mass is 242 g/mol. The highest BCUT2D eigenvalue weighted by Crippen LogP contribution is 2.31. The van der Waals surface area contributed by atoms with Crippen LogP contribution in [0.4, 0.5) is 0 Å². The van der Waals surface area contributed by atoms with E-state index in [9.17, 15) is 0 Å². The lowest BCUT2D eigenvalue weighted by atomic mass is 9.77. The number of methoxy groups -OCH3 is 1. The maximum atomic E-state index is 5.22. The molecule has 3 heteroatoms. The number of ether oxygens (including phenoxy) is 1. The summed E-state index contributed by atoms with van der Waals surface area (Å²) in [5, 5.41) is 3.57. The highest BCUT2D eigenvalue weighted by atomic mass is 16.5. The quantitative estimate of drug-likeness (QED) is 0.740. The van der Waals surface area contributed by atoms with Gasteiger partial charge in [-0.05, 0) is 45.1 Å². The van der Waals surface area contributed by atoms with Crippen LogP contribution in [0, 0.1) is 5.41 Å². The van der Waals surface area contributed by atoms with Gasteiger partial charge in [-0.3, -0.25) is 4.90 Å². The van der Waals surface area contributed by atoms with E-state index in [1.807, 2.05) is 0 Å². The number of nitrogens with one attached hydrogen (secondary N) is 1. The number of hydrogen-bond donors (Lipinski definition) is 1. The summed E-state index contributed by atoms with van der Waals surface area (Å²) in [6, 6.07) is 0.607. The van der Waals surface area contributed by atoms with Gasteiger partial charge >= 0.3 is 0 Å². The summed E-state index contributed by atoms with van der Waals surface area (Å²) in [7, 11) is 1.79. The summed E-state index contributed by atoms with van der Waals surface area (Å²) in [4.78, 5) is 2.57. The normalized spacial score (nSPS) is 25.8. The first-order chi connectivity index (χ1) is 8.13. The summed E-state index contributed by atoms with van der Waals surface area (Å²) in [5.74, 6) is 0. The van der Waals surface area contributed by atoms with Crippen LogP contribution in [-0.2, 0) is 4.74 Å². The minimum absolute atomic E-state index is 0.482. The molecule has 0 aromatic rings. The second kappa shape index (κ2) is 7.34. The fraction of sp³-hybridized carbons (Fsp3) is 1.00. The van der Waals surface area contributed by atoms with Gasteiger partial charge in [0.25, 0.3) is 0 Å². The first-order valence-corrected chi connectivity index (χ1v) is 7.07. The van der Waals surface area contributed by atoms with Gasteiger partial charge in [-0.25, -0.2) is 0 Å². The Kier molecular flexibility index (Phi) is 6.45. The molecule has 1 aliphatic heterocycles. The maximum Gasteiger partial charge on any atom is 0.0589 e. The minimum Gasteiger partial charge on any atom is -0.383 e. The fourth-order valence-corrected chi connectivity index (χ4v) is 2.74. The molecule has 0 aromatic heterocycles. The highest BCUT2D eigenvalue weighted by molar-refractivity contribution is 4.88. The number of rotatable bonds is 7. The Labute approximate surface area is 107 Å². The van der Waals surface area contributed by atoms with E-state index in [0.717, 1.165) is 13.2 Å². The first kappa shape index (κ1) is 14.9. The summed E-state index contributed by atoms with van der Waals surface area (Å²) < 4.78 is 5.22. The van der Waals surface area contributed by atoms with E-state index in [-0.39, 0.29) is 0 Å². The Hall–Kier alpha value is -0.120. The predicted octanol–water partition coefficient (Wildman–Crippen LogP) is 2.12. The van der Waals surface area contributed by atoms with E-state index in [2.05, 4.69) is 31.0 Å². The number of nitrogens with zero attached hydrogens (tertiary/aromatic N) is 1. The van der Waals surface area contributed by atoms with E-state index in [0.29, 0.717) is 11.5 Å². The standard InChI is InChI=1S/C14H30N2O/c1-5-14(7-6-8-15-11-14)12-16(13(2)3)9-10-17-4/h13,15H,5-12H2,1-4H3. The largest absolute Gasteiger partial charge is 0.383 e. The molecular formula is C14H30N2O. The third-order valence-corrected chi connectivity index (χ3v) is 4.16. The van der Waals surface area contributed by atoms with Gasteiger partial charge in [-0.1, -0.05) is 6.92 Å². The van der Waals surface area contributed by atoms with E-state index in [1.165, 1.54) is 38.9 Å². The summed E-state index contributed by atoms with van der Waals surface area (Å²) in [6.07, 6.45) is 3.97. The van der Waals surface area contributed by atoms with Gasteiger partial charge < -0.3 is 10.1 Å². The molecule has 17 heavy (non-hydrogen) atoms. The number of hydrogen-bond acceptors (Lipinski definition) is 3. The molecule has 1 fully saturated rings. The van der Waals surface area contributed by atoms with Gasteiger partial charge in [-0.15, -0.1) is 0 Å². The van der Waals surface area contributed by atoms with Crippen molar-refractivity contribution in [1.82, 2.24) is 10.2 Å². The summed E-state index contributed by atoms with van der Waals surface area (Å²) in [5.41, 5.74) is 0.482. The Balaban J connectivity index is 2.55. The smallest absolute Gasteiger partial charge is 0.0589 e. The van der Waals surface area contributed by atoms with Crippen molar-refractivity contribution in [2.24, 2.45) is 5.41 Å². The Bertz CT molecular complexity index is 200. The van der Waals surface area contributed by atoms with E-state index in [1.54, 1.807) is 7.11 Å². The van der Waals surface area contributed by atoms with Gasteiger partial charge in [0, 0.05) is 32.8 Å². The average molecular weight is 242 g/mol. The van der Waals surface area contributed by atoms with Crippen LogP contribution in [-0.4, -0.2) is 50.8 Å². The molecule has 0 aliphatic carbocycles. The van der Waals surface area contributed by atoms with Crippen molar-refractivity contribution < 1.29 is 4.74 Å². The lowest BCUT2D eigenvalue weighted by Crippen LogP contribution is -2.49. The van der Waals surface area contributed by atoms with E-state index in [4.69, 9.17) is 4.74 Å². The SMILES string of the molecule is CCC1(CN(CCOC)C(C)C)CCCNC1. The van der Waals surface area contributed by atoms with Crippen LogP contribution in [0.5, 0.6) is 0 Å². The average Bonchev–Trinajstić information content (AvgIpc) is 2.35. The van der Waals surface area contributed by atoms with Crippen LogP contribution in [0.25, 0.3) is 0 Å². The molecule has 1 rings (SSSR count). The third-order valence-electron chi connectivity index (χ3n) is 4.16. The van der Waals surface area contributed by atoms with Gasteiger partial charge in [0.05, 0.1) is 6.61 Å². The molecule has 1 atom stereocenters. The molecule has 0 spiro atoms. The molecule has 1 saturated heterocycles. The van der Waals surface area contributed by atoms with Crippen LogP contribution in [0.2, 0.25) is 0 Å². The first-order valence-electron chi connectivity index (χ1n) is 7.07. The second-order valence-corrected chi connectivity index (χ2v) is 5.69. The van der Waals surface area contributed by atoms with Crippen LogP contribution in [0.3, 0.4) is 0 Å². The van der Waals surface area contributed by atoms with Crippen molar-refractivity contribution in [3.8, 4) is 0 Å². The molecule has 102 valence electrons. The van der Waals surface area contributed by atoms with Crippen molar-refractivity contribution in [3.63, 3.8) is 0 Å². The predicted molar refractivity (Wildman–Crippen MR) is 73.4 cm³/mol. The lowest BCUT2D eigenvalue weighted by Gasteiger charge is -2.42. The zero-order valence-corrected chi connectivity index (χ0v) is 12.1. The van der Waals surface area contributed by atoms with E-state index >= 15 is 0 Å². The topological polar surface area (TPSA) is 24.5 Å². The highest BCUT2D eigenvalue weighted by Gasteiger charge is 2.32. The molecule has 1 aliphatic rings. The Morgan fingerprint density at radius 1 is 1.41 bits per heavy atom. The molecule has 1 unspecified atom stereocenters. The Morgan fingerprint density at radius 3 is 2.65 bits per heavy atom. The second-order valence-electron chi connectivity index (χ2n) is 5.69. The fourth-order valence-electron chi connectivity index (χ4n) is 2.74. The van der Waals surface area contributed by atoms with E-state index < -0.39 is 0 Å². The molecular weight excluding hydrogens is 212 g/mol. The Morgan fingerprint density at radius 2 is 2.18 bits per heavy atom. The van der Waals surface area contributed by atoms with Crippen molar-refractivity contribution in [3.05, 3.63) is 0 Å². The zero-order chi connectivity index (χ0) is 12.7. The van der Waals surface area contributed by atoms with Crippen molar-refractivity contribution in [2.45, 2.75) is 46.1 Å². The van der Waals surface area contributed by atoms with Crippen LogP contribution in [0.15, 0.2) is 0 Å². The van der Waals surface area contributed by atoms with Gasteiger partial charge in [0.1, 0.15) is 0 Å². The van der Waals surface area contributed by atoms with Crippen molar-refractivity contribution >= 4 is 0 Å². The molecule has 0 radical (unpaired) electrons. The third kappa shape index (κ3) is 4.57. The molecule has 1 N–H and O–H groups in total. The summed E-state index contributed by atoms with van der Waals surface area (Å²) in [6.45, 7) is 12.4. The molecule has 3 nitrogen and oxygen atoms in total. The molecule has 0 aromatic carbocycles. The molecule has 0 amide bonds. The molecule has 0 bridgehead atoms. The maximum absolute atomic E-state index is 5.22. The van der Waals surface area contributed by atoms with Crippen LogP contribution in [0.1, 0.15) is 40.0 Å². The molecule has 1 heterocycles. The minimum atomic E-state index is 0.482. The van der Waals surface area contributed by atoms with Crippen molar-refractivity contribution in [1.29, 1.82) is 0 Å². The van der Waals surface area contributed by atoms with Gasteiger partial charge in [-0.2, -0.15) is 0 Å².